The van der Waals surface area contributed by atoms with E-state index >= 15 is 0 Å². The lowest BCUT2D eigenvalue weighted by Crippen LogP contribution is -1.83. The van der Waals surface area contributed by atoms with Gasteiger partial charge in [-0.05, 0) is 29.8 Å². The Morgan fingerprint density at radius 3 is 2.31 bits per heavy atom. The molecule has 0 N–H and O–H groups in total. The van der Waals surface area contributed by atoms with Crippen LogP contribution >= 0.6 is 0 Å². The number of nitrogens with zero attached hydrogens (tertiary/aromatic N) is 2. The van der Waals surface area contributed by atoms with Gasteiger partial charge < -0.3 is 0 Å². The normalized spacial score (nSPS) is 10.2. The molecule has 0 aliphatic heterocycles. The van der Waals surface area contributed by atoms with E-state index in [-0.39, 0.29) is 0 Å². The monoisotopic (exact) mass is 206 g/mol. The van der Waals surface area contributed by atoms with Gasteiger partial charge in [0.05, 0.1) is 0 Å². The molecule has 2 rings (SSSR count). The second-order valence-electron chi connectivity index (χ2n) is 3.21. The predicted octanol–water partition coefficient (Wildman–Crippen LogP) is 2.63. The summed E-state index contributed by atoms with van der Waals surface area (Å²) in [6, 6.07) is 9.54. The zero-order valence-electron chi connectivity index (χ0n) is 8.67. The molecule has 0 saturated carbocycles. The molecule has 0 aliphatic rings. The number of rotatable bonds is 2. The summed E-state index contributed by atoms with van der Waals surface area (Å²) in [6.07, 6.45) is 12.5. The van der Waals surface area contributed by atoms with E-state index in [2.05, 4.69) is 15.9 Å². The minimum Gasteiger partial charge on any atom is -0.237 e. The van der Waals surface area contributed by atoms with Crippen molar-refractivity contribution >= 4 is 12.2 Å². The zero-order chi connectivity index (χ0) is 11.2. The summed E-state index contributed by atoms with van der Waals surface area (Å²) in [6.45, 7) is 0. The molecule has 0 bridgehead atoms. The van der Waals surface area contributed by atoms with Crippen LogP contribution in [0.15, 0.2) is 42.7 Å². The summed E-state index contributed by atoms with van der Waals surface area (Å²) < 4.78 is 0. The standard InChI is InChI=1S/C14H10N2/c1-2-12-4-6-13(7-5-12)8-9-14-15-10-3-11-16-14/h1,3-11H/b9-8+. The largest absolute Gasteiger partial charge is 0.237 e. The highest BCUT2D eigenvalue weighted by molar-refractivity contribution is 5.66. The van der Waals surface area contributed by atoms with Crippen LogP contribution in [0.25, 0.3) is 12.2 Å². The molecule has 0 atom stereocenters. The van der Waals surface area contributed by atoms with E-state index in [0.717, 1.165) is 11.1 Å². The Hall–Kier alpha value is -2.40. The van der Waals surface area contributed by atoms with Crippen LogP contribution in [0.4, 0.5) is 0 Å². The van der Waals surface area contributed by atoms with Crippen molar-refractivity contribution in [2.24, 2.45) is 0 Å². The second-order valence-corrected chi connectivity index (χ2v) is 3.21. The van der Waals surface area contributed by atoms with Crippen LogP contribution in [0, 0.1) is 12.3 Å². The number of benzene rings is 1. The van der Waals surface area contributed by atoms with Gasteiger partial charge in [0.2, 0.25) is 0 Å². The molecule has 0 saturated heterocycles. The first-order chi connectivity index (χ1) is 7.88. The smallest absolute Gasteiger partial charge is 0.151 e. The first-order valence-electron chi connectivity index (χ1n) is 4.90. The second kappa shape index (κ2) is 4.90. The third kappa shape index (κ3) is 2.55. The van der Waals surface area contributed by atoms with Crippen molar-refractivity contribution in [1.29, 1.82) is 0 Å². The molecule has 76 valence electrons. The van der Waals surface area contributed by atoms with Crippen molar-refractivity contribution in [3.8, 4) is 12.3 Å². The average Bonchev–Trinajstić information content (AvgIpc) is 2.38. The summed E-state index contributed by atoms with van der Waals surface area (Å²) in [7, 11) is 0. The van der Waals surface area contributed by atoms with Crippen molar-refractivity contribution in [2.45, 2.75) is 0 Å². The minimum absolute atomic E-state index is 0.698. The predicted molar refractivity (Wildman–Crippen MR) is 65.3 cm³/mol. The molecule has 2 aromatic rings. The van der Waals surface area contributed by atoms with Gasteiger partial charge in [0.25, 0.3) is 0 Å². The summed E-state index contributed by atoms with van der Waals surface area (Å²) in [5, 5.41) is 0. The van der Waals surface area contributed by atoms with Crippen LogP contribution < -0.4 is 0 Å². The highest BCUT2D eigenvalue weighted by Crippen LogP contribution is 2.06. The van der Waals surface area contributed by atoms with Gasteiger partial charge in [-0.1, -0.05) is 24.1 Å². The molecule has 2 nitrogen and oxygen atoms in total. The molecule has 1 aromatic heterocycles. The fraction of sp³-hybridized carbons (Fsp3) is 0. The van der Waals surface area contributed by atoms with Gasteiger partial charge in [0, 0.05) is 18.0 Å². The van der Waals surface area contributed by atoms with Crippen LogP contribution in [0.3, 0.4) is 0 Å². The van der Waals surface area contributed by atoms with E-state index in [0.29, 0.717) is 5.82 Å². The third-order valence-corrected chi connectivity index (χ3v) is 2.09. The molecule has 0 spiro atoms. The Bertz CT molecular complexity index is 519. The molecule has 16 heavy (non-hydrogen) atoms. The molecule has 0 unspecified atom stereocenters. The van der Waals surface area contributed by atoms with Gasteiger partial charge in [-0.15, -0.1) is 6.42 Å². The summed E-state index contributed by atoms with van der Waals surface area (Å²) in [5.74, 6) is 3.28. The molecular formula is C14H10N2. The maximum Gasteiger partial charge on any atom is 0.151 e. The molecule has 0 radical (unpaired) electrons. The van der Waals surface area contributed by atoms with Crippen molar-refractivity contribution in [2.75, 3.05) is 0 Å². The Balaban J connectivity index is 2.15. The first kappa shape index (κ1) is 10.1. The Labute approximate surface area is 94.7 Å². The fourth-order valence-corrected chi connectivity index (χ4v) is 1.26. The maximum atomic E-state index is 5.28. The van der Waals surface area contributed by atoms with E-state index in [1.54, 1.807) is 18.5 Å². The highest BCUT2D eigenvalue weighted by atomic mass is 14.8. The SMILES string of the molecule is C#Cc1ccc(/C=C/c2ncccn2)cc1. The van der Waals surface area contributed by atoms with E-state index in [1.807, 2.05) is 36.4 Å². The van der Waals surface area contributed by atoms with Crippen LogP contribution in [-0.2, 0) is 0 Å². The lowest BCUT2D eigenvalue weighted by atomic mass is 10.1. The molecule has 0 fully saturated rings. The van der Waals surface area contributed by atoms with Gasteiger partial charge in [-0.3, -0.25) is 0 Å². The van der Waals surface area contributed by atoms with Crippen LogP contribution in [0.2, 0.25) is 0 Å². The van der Waals surface area contributed by atoms with Crippen molar-refractivity contribution in [3.63, 3.8) is 0 Å². The molecule has 0 amide bonds. The van der Waals surface area contributed by atoms with Gasteiger partial charge in [0.1, 0.15) is 0 Å². The van der Waals surface area contributed by atoms with E-state index in [4.69, 9.17) is 6.42 Å². The van der Waals surface area contributed by atoms with Gasteiger partial charge in [-0.2, -0.15) is 0 Å². The molecular weight excluding hydrogens is 196 g/mol. The van der Waals surface area contributed by atoms with Crippen LogP contribution in [0.5, 0.6) is 0 Å². The van der Waals surface area contributed by atoms with E-state index in [9.17, 15) is 0 Å². The topological polar surface area (TPSA) is 25.8 Å². The fourth-order valence-electron chi connectivity index (χ4n) is 1.26. The molecule has 1 aromatic carbocycles. The lowest BCUT2D eigenvalue weighted by molar-refractivity contribution is 1.14. The number of hydrogen-bond donors (Lipinski definition) is 0. The summed E-state index contributed by atoms with van der Waals surface area (Å²) in [5.41, 5.74) is 1.96. The zero-order valence-corrected chi connectivity index (χ0v) is 8.67. The molecule has 2 heteroatoms. The maximum absolute atomic E-state index is 5.28. The van der Waals surface area contributed by atoms with Crippen molar-refractivity contribution in [1.82, 2.24) is 9.97 Å². The highest BCUT2D eigenvalue weighted by Gasteiger charge is 1.89. The number of hydrogen-bond acceptors (Lipinski definition) is 2. The minimum atomic E-state index is 0.698. The summed E-state index contributed by atoms with van der Waals surface area (Å²) >= 11 is 0. The Morgan fingerprint density at radius 2 is 1.69 bits per heavy atom. The quantitative estimate of drug-likeness (QED) is 0.706. The number of terminal acetylenes is 1. The van der Waals surface area contributed by atoms with E-state index < -0.39 is 0 Å². The Morgan fingerprint density at radius 1 is 1.00 bits per heavy atom. The molecule has 1 heterocycles. The van der Waals surface area contributed by atoms with Crippen LogP contribution in [-0.4, -0.2) is 9.97 Å². The first-order valence-corrected chi connectivity index (χ1v) is 4.90. The third-order valence-electron chi connectivity index (χ3n) is 2.09. The van der Waals surface area contributed by atoms with Gasteiger partial charge >= 0.3 is 0 Å². The van der Waals surface area contributed by atoms with Gasteiger partial charge in [0.15, 0.2) is 5.82 Å². The number of aromatic nitrogens is 2. The molecule has 0 aliphatic carbocycles. The Kier molecular flexibility index (Phi) is 3.10. The average molecular weight is 206 g/mol. The van der Waals surface area contributed by atoms with Crippen LogP contribution in [0.1, 0.15) is 17.0 Å². The van der Waals surface area contributed by atoms with Crippen molar-refractivity contribution in [3.05, 3.63) is 59.7 Å². The lowest BCUT2D eigenvalue weighted by Gasteiger charge is -1.94. The van der Waals surface area contributed by atoms with Crippen molar-refractivity contribution < 1.29 is 0 Å². The van der Waals surface area contributed by atoms with E-state index in [1.165, 1.54) is 0 Å². The summed E-state index contributed by atoms with van der Waals surface area (Å²) in [4.78, 5) is 8.19. The van der Waals surface area contributed by atoms with Gasteiger partial charge in [-0.25, -0.2) is 9.97 Å².